The van der Waals surface area contributed by atoms with E-state index < -0.39 is 6.04 Å². The van der Waals surface area contributed by atoms with Crippen LogP contribution in [0.1, 0.15) is 42.9 Å². The Balaban J connectivity index is 1.47. The van der Waals surface area contributed by atoms with Crippen molar-refractivity contribution in [3.05, 3.63) is 77.1 Å². The molecular formula is C26H27NO5. The minimum Gasteiger partial charge on any atom is -0.489 e. The minimum absolute atomic E-state index is 0.0188. The Morgan fingerprint density at radius 1 is 1.03 bits per heavy atom. The molecule has 166 valence electrons. The third-order valence-electron chi connectivity index (χ3n) is 6.62. The molecule has 3 unspecified atom stereocenters. The average molecular weight is 434 g/mol. The van der Waals surface area contributed by atoms with Crippen LogP contribution in [0.4, 0.5) is 0 Å². The second kappa shape index (κ2) is 8.79. The molecule has 3 atom stereocenters. The number of aliphatic hydroxyl groups is 1. The molecule has 2 heterocycles. The quantitative estimate of drug-likeness (QED) is 0.754. The molecule has 2 aromatic rings. The van der Waals surface area contributed by atoms with Crippen molar-refractivity contribution >= 4 is 11.7 Å². The smallest absolute Gasteiger partial charge is 0.290 e. The molecule has 6 nitrogen and oxygen atoms in total. The van der Waals surface area contributed by atoms with Crippen molar-refractivity contribution in [1.29, 1.82) is 0 Å². The van der Waals surface area contributed by atoms with Crippen LogP contribution in [0.25, 0.3) is 0 Å². The predicted molar refractivity (Wildman–Crippen MR) is 118 cm³/mol. The van der Waals surface area contributed by atoms with Gasteiger partial charge in [0.1, 0.15) is 18.5 Å². The number of amides is 1. The first-order chi connectivity index (χ1) is 15.7. The van der Waals surface area contributed by atoms with E-state index in [0.29, 0.717) is 17.9 Å². The van der Waals surface area contributed by atoms with E-state index in [-0.39, 0.29) is 42.6 Å². The molecule has 1 N–H and O–H groups in total. The van der Waals surface area contributed by atoms with Crippen LogP contribution in [0, 0.1) is 5.92 Å². The van der Waals surface area contributed by atoms with E-state index in [1.165, 1.54) is 0 Å². The predicted octanol–water partition coefficient (Wildman–Crippen LogP) is 3.55. The topological polar surface area (TPSA) is 76.1 Å². The second-order valence-electron chi connectivity index (χ2n) is 8.63. The Morgan fingerprint density at radius 3 is 2.66 bits per heavy atom. The highest BCUT2D eigenvalue weighted by molar-refractivity contribution is 6.11. The van der Waals surface area contributed by atoms with Gasteiger partial charge in [-0.05, 0) is 42.5 Å². The fourth-order valence-corrected chi connectivity index (χ4v) is 5.09. The number of carbonyl (C=O) groups is 2. The molecule has 1 amide bonds. The largest absolute Gasteiger partial charge is 0.489 e. The van der Waals surface area contributed by atoms with Crippen LogP contribution >= 0.6 is 0 Å². The number of carbonyl (C=O) groups excluding carboxylic acids is 2. The van der Waals surface area contributed by atoms with Crippen LogP contribution in [-0.2, 0) is 20.9 Å². The summed E-state index contributed by atoms with van der Waals surface area (Å²) in [5, 5.41) is 9.62. The zero-order chi connectivity index (χ0) is 22.1. The Labute approximate surface area is 187 Å². The zero-order valence-corrected chi connectivity index (χ0v) is 17.9. The average Bonchev–Trinajstić information content (AvgIpc) is 3.11. The van der Waals surface area contributed by atoms with Gasteiger partial charge in [-0.25, -0.2) is 0 Å². The Bertz CT molecular complexity index is 1050. The standard InChI is InChI=1S/C26H27NO5/c28-14-13-27-23(18-9-6-10-19(15-18)31-16-17-7-2-1-3-8-17)22-24(29)20-11-4-5-12-21(20)32-25(22)26(27)30/h1-3,6-10,15,20-21,23,28H,4-5,11-14,16H2. The fourth-order valence-electron chi connectivity index (χ4n) is 5.09. The van der Waals surface area contributed by atoms with Gasteiger partial charge < -0.3 is 19.5 Å². The van der Waals surface area contributed by atoms with Gasteiger partial charge in [0.25, 0.3) is 5.91 Å². The molecule has 2 aromatic carbocycles. The maximum absolute atomic E-state index is 13.5. The molecular weight excluding hydrogens is 406 g/mol. The van der Waals surface area contributed by atoms with E-state index in [9.17, 15) is 14.7 Å². The van der Waals surface area contributed by atoms with Gasteiger partial charge in [-0.2, -0.15) is 0 Å². The summed E-state index contributed by atoms with van der Waals surface area (Å²) < 4.78 is 12.1. The van der Waals surface area contributed by atoms with Crippen molar-refractivity contribution in [1.82, 2.24) is 4.90 Å². The summed E-state index contributed by atoms with van der Waals surface area (Å²) in [7, 11) is 0. The molecule has 1 saturated carbocycles. The second-order valence-corrected chi connectivity index (χ2v) is 8.63. The number of hydrogen-bond acceptors (Lipinski definition) is 5. The normalized spacial score (nSPS) is 24.8. The number of fused-ring (bicyclic) bond motifs is 1. The number of β-amino-alcohol motifs (C(OH)–C–C–N with tert-alkyl or cyclic N) is 1. The third kappa shape index (κ3) is 3.69. The maximum Gasteiger partial charge on any atom is 0.290 e. The number of aliphatic hydroxyl groups excluding tert-OH is 1. The first-order valence-electron chi connectivity index (χ1n) is 11.3. The number of rotatable bonds is 6. The van der Waals surface area contributed by atoms with Gasteiger partial charge in [-0.3, -0.25) is 9.59 Å². The molecule has 32 heavy (non-hydrogen) atoms. The summed E-state index contributed by atoms with van der Waals surface area (Å²) in [5.74, 6) is 0.352. The van der Waals surface area contributed by atoms with Crippen LogP contribution in [0.2, 0.25) is 0 Å². The molecule has 5 rings (SSSR count). The monoisotopic (exact) mass is 433 g/mol. The fraction of sp³-hybridized carbons (Fsp3) is 0.385. The Hall–Kier alpha value is -3.12. The van der Waals surface area contributed by atoms with Crippen LogP contribution in [0.3, 0.4) is 0 Å². The molecule has 0 spiro atoms. The lowest BCUT2D eigenvalue weighted by Crippen LogP contribution is -2.39. The van der Waals surface area contributed by atoms with Gasteiger partial charge in [0.2, 0.25) is 0 Å². The maximum atomic E-state index is 13.5. The van der Waals surface area contributed by atoms with Crippen molar-refractivity contribution in [2.24, 2.45) is 5.92 Å². The highest BCUT2D eigenvalue weighted by Crippen LogP contribution is 2.46. The molecule has 3 aliphatic rings. The number of ketones is 1. The summed E-state index contributed by atoms with van der Waals surface area (Å²) in [6, 6.07) is 16.8. The van der Waals surface area contributed by atoms with Crippen molar-refractivity contribution in [3.63, 3.8) is 0 Å². The van der Waals surface area contributed by atoms with Crippen molar-refractivity contribution in [2.75, 3.05) is 13.2 Å². The molecule has 6 heteroatoms. The van der Waals surface area contributed by atoms with Crippen molar-refractivity contribution in [3.8, 4) is 5.75 Å². The molecule has 2 aliphatic heterocycles. The molecule has 0 bridgehead atoms. The van der Waals surface area contributed by atoms with Crippen LogP contribution in [-0.4, -0.2) is 41.0 Å². The van der Waals surface area contributed by atoms with Gasteiger partial charge in [-0.1, -0.05) is 48.9 Å². The van der Waals surface area contributed by atoms with Gasteiger partial charge in [0.05, 0.1) is 24.1 Å². The van der Waals surface area contributed by atoms with Crippen molar-refractivity contribution in [2.45, 2.75) is 44.4 Å². The van der Waals surface area contributed by atoms with Crippen LogP contribution < -0.4 is 4.74 Å². The van der Waals surface area contributed by atoms with Gasteiger partial charge >= 0.3 is 0 Å². The van der Waals surface area contributed by atoms with Gasteiger partial charge in [-0.15, -0.1) is 0 Å². The van der Waals surface area contributed by atoms with E-state index in [1.54, 1.807) is 4.90 Å². The summed E-state index contributed by atoms with van der Waals surface area (Å²) in [6.07, 6.45) is 3.39. The summed E-state index contributed by atoms with van der Waals surface area (Å²) in [4.78, 5) is 28.2. The first-order valence-corrected chi connectivity index (χ1v) is 11.3. The van der Waals surface area contributed by atoms with Crippen molar-refractivity contribution < 1.29 is 24.2 Å². The van der Waals surface area contributed by atoms with E-state index in [4.69, 9.17) is 9.47 Å². The summed E-state index contributed by atoms with van der Waals surface area (Å²) >= 11 is 0. The van der Waals surface area contributed by atoms with Gasteiger partial charge in [0.15, 0.2) is 11.5 Å². The molecule has 0 aromatic heterocycles. The Morgan fingerprint density at radius 2 is 1.84 bits per heavy atom. The van der Waals surface area contributed by atoms with E-state index in [0.717, 1.165) is 36.8 Å². The Kier molecular flexibility index (Phi) is 5.70. The van der Waals surface area contributed by atoms with E-state index in [2.05, 4.69) is 0 Å². The number of hydrogen-bond donors (Lipinski definition) is 1. The third-order valence-corrected chi connectivity index (χ3v) is 6.62. The number of ether oxygens (including phenoxy) is 2. The summed E-state index contributed by atoms with van der Waals surface area (Å²) in [5.41, 5.74) is 2.28. The number of nitrogens with zero attached hydrogens (tertiary/aromatic N) is 1. The lowest BCUT2D eigenvalue weighted by Gasteiger charge is -2.35. The highest BCUT2D eigenvalue weighted by atomic mass is 16.5. The van der Waals surface area contributed by atoms with Crippen LogP contribution in [0.5, 0.6) is 5.75 Å². The van der Waals surface area contributed by atoms with Gasteiger partial charge in [0, 0.05) is 6.54 Å². The molecule has 1 fully saturated rings. The lowest BCUT2D eigenvalue weighted by atomic mass is 9.77. The highest BCUT2D eigenvalue weighted by Gasteiger charge is 2.51. The molecule has 0 radical (unpaired) electrons. The van der Waals surface area contributed by atoms with Crippen LogP contribution in [0.15, 0.2) is 65.9 Å². The first kappa shape index (κ1) is 20.8. The van der Waals surface area contributed by atoms with E-state index >= 15 is 0 Å². The number of Topliss-reactive ketones (excluding diaryl/α,β-unsaturated/α-hetero) is 1. The SMILES string of the molecule is O=C1C2=C(OC3CCCCC13)C(=O)N(CCO)C2c1cccc(OCc2ccccc2)c1. The minimum atomic E-state index is -0.569. The van der Waals surface area contributed by atoms with E-state index in [1.807, 2.05) is 54.6 Å². The zero-order valence-electron chi connectivity index (χ0n) is 17.9. The molecule has 0 saturated heterocycles. The number of benzene rings is 2. The lowest BCUT2D eigenvalue weighted by molar-refractivity contribution is -0.135. The molecule has 1 aliphatic carbocycles. The summed E-state index contributed by atoms with van der Waals surface area (Å²) in [6.45, 7) is 0.375.